The molecular weight excluding hydrogens is 186 g/mol. The Morgan fingerprint density at radius 3 is 3.00 bits per heavy atom. The minimum atomic E-state index is 0.949. The number of aromatic nitrogens is 1. The highest BCUT2D eigenvalue weighted by Gasteiger charge is 2.22. The molecule has 1 aliphatic rings. The molecule has 1 aromatic heterocycles. The molecule has 0 saturated heterocycles. The third kappa shape index (κ3) is 2.93. The standard InChI is InChI=1S/C12H19N3/c1-13-12-11(4-3-7-14-12)9-15(2)8-10-5-6-10/h3-4,7,10H,5-6,8-9H2,1-2H3,(H,13,14). The first-order valence-electron chi connectivity index (χ1n) is 5.60. The van der Waals surface area contributed by atoms with Gasteiger partial charge in [-0.2, -0.15) is 0 Å². The van der Waals surface area contributed by atoms with Gasteiger partial charge in [-0.1, -0.05) is 6.07 Å². The molecule has 0 amide bonds. The van der Waals surface area contributed by atoms with E-state index < -0.39 is 0 Å². The zero-order valence-corrected chi connectivity index (χ0v) is 9.53. The largest absolute Gasteiger partial charge is 0.373 e. The molecule has 1 N–H and O–H groups in total. The first-order chi connectivity index (χ1) is 7.29. The highest BCUT2D eigenvalue weighted by molar-refractivity contribution is 5.42. The summed E-state index contributed by atoms with van der Waals surface area (Å²) >= 11 is 0. The molecule has 1 heterocycles. The third-order valence-electron chi connectivity index (χ3n) is 2.84. The van der Waals surface area contributed by atoms with Gasteiger partial charge in [0, 0.05) is 31.9 Å². The maximum absolute atomic E-state index is 4.31. The SMILES string of the molecule is CNc1ncccc1CN(C)CC1CC1. The van der Waals surface area contributed by atoms with Crippen molar-refractivity contribution < 1.29 is 0 Å². The van der Waals surface area contributed by atoms with Gasteiger partial charge in [0.2, 0.25) is 0 Å². The fourth-order valence-corrected chi connectivity index (χ4v) is 1.89. The second-order valence-electron chi connectivity index (χ2n) is 4.40. The summed E-state index contributed by atoms with van der Waals surface area (Å²) in [4.78, 5) is 6.69. The van der Waals surface area contributed by atoms with E-state index in [4.69, 9.17) is 0 Å². The number of nitrogens with one attached hydrogen (secondary N) is 1. The van der Waals surface area contributed by atoms with E-state index in [-0.39, 0.29) is 0 Å². The van der Waals surface area contributed by atoms with E-state index in [0.717, 1.165) is 18.3 Å². The van der Waals surface area contributed by atoms with Crippen molar-refractivity contribution in [3.05, 3.63) is 23.9 Å². The Labute approximate surface area is 91.5 Å². The summed E-state index contributed by atoms with van der Waals surface area (Å²) in [7, 11) is 4.11. The third-order valence-corrected chi connectivity index (χ3v) is 2.84. The van der Waals surface area contributed by atoms with Crippen molar-refractivity contribution in [1.29, 1.82) is 0 Å². The molecule has 82 valence electrons. The molecule has 0 radical (unpaired) electrons. The summed E-state index contributed by atoms with van der Waals surface area (Å²) < 4.78 is 0. The van der Waals surface area contributed by atoms with Crippen LogP contribution in [0, 0.1) is 5.92 Å². The first-order valence-corrected chi connectivity index (χ1v) is 5.60. The van der Waals surface area contributed by atoms with Crippen molar-refractivity contribution in [3.63, 3.8) is 0 Å². The summed E-state index contributed by atoms with van der Waals surface area (Å²) in [6.45, 7) is 2.21. The monoisotopic (exact) mass is 205 g/mol. The number of rotatable bonds is 5. The predicted molar refractivity (Wildman–Crippen MR) is 62.8 cm³/mol. The van der Waals surface area contributed by atoms with Gasteiger partial charge in [-0.15, -0.1) is 0 Å². The predicted octanol–water partition coefficient (Wildman–Crippen LogP) is 1.97. The van der Waals surface area contributed by atoms with Gasteiger partial charge >= 0.3 is 0 Å². The normalized spacial score (nSPS) is 15.7. The molecule has 15 heavy (non-hydrogen) atoms. The van der Waals surface area contributed by atoms with Gasteiger partial charge < -0.3 is 10.2 Å². The minimum absolute atomic E-state index is 0.949. The van der Waals surface area contributed by atoms with Crippen LogP contribution < -0.4 is 5.32 Å². The van der Waals surface area contributed by atoms with Crippen LogP contribution in [-0.2, 0) is 6.54 Å². The smallest absolute Gasteiger partial charge is 0.130 e. The van der Waals surface area contributed by atoms with E-state index in [1.807, 2.05) is 19.3 Å². The Morgan fingerprint density at radius 2 is 2.33 bits per heavy atom. The molecule has 0 unspecified atom stereocenters. The lowest BCUT2D eigenvalue weighted by Crippen LogP contribution is -2.21. The minimum Gasteiger partial charge on any atom is -0.373 e. The van der Waals surface area contributed by atoms with Gasteiger partial charge in [-0.3, -0.25) is 0 Å². The topological polar surface area (TPSA) is 28.2 Å². The van der Waals surface area contributed by atoms with E-state index in [1.165, 1.54) is 24.9 Å². The quantitative estimate of drug-likeness (QED) is 0.796. The molecule has 2 rings (SSSR count). The van der Waals surface area contributed by atoms with Crippen LogP contribution in [0.5, 0.6) is 0 Å². The van der Waals surface area contributed by atoms with E-state index in [2.05, 4.69) is 28.3 Å². The maximum Gasteiger partial charge on any atom is 0.130 e. The number of hydrogen-bond acceptors (Lipinski definition) is 3. The molecule has 1 fully saturated rings. The van der Waals surface area contributed by atoms with Gasteiger partial charge in [0.05, 0.1) is 0 Å². The van der Waals surface area contributed by atoms with Crippen molar-refractivity contribution in [2.75, 3.05) is 26.0 Å². The first kappa shape index (κ1) is 10.4. The molecule has 0 bridgehead atoms. The second kappa shape index (κ2) is 4.62. The average Bonchev–Trinajstić information content (AvgIpc) is 3.02. The molecule has 0 atom stereocenters. The Balaban J connectivity index is 1.95. The lowest BCUT2D eigenvalue weighted by molar-refractivity contribution is 0.313. The van der Waals surface area contributed by atoms with Gasteiger partial charge in [-0.05, 0) is 31.9 Å². The van der Waals surface area contributed by atoms with Crippen molar-refractivity contribution >= 4 is 5.82 Å². The van der Waals surface area contributed by atoms with Gasteiger partial charge in [-0.25, -0.2) is 4.98 Å². The van der Waals surface area contributed by atoms with Crippen molar-refractivity contribution in [2.45, 2.75) is 19.4 Å². The van der Waals surface area contributed by atoms with Crippen LogP contribution in [-0.4, -0.2) is 30.5 Å². The van der Waals surface area contributed by atoms with E-state index in [0.29, 0.717) is 0 Å². The lowest BCUT2D eigenvalue weighted by atomic mass is 10.2. The molecule has 3 heteroatoms. The van der Waals surface area contributed by atoms with Crippen LogP contribution >= 0.6 is 0 Å². The second-order valence-corrected chi connectivity index (χ2v) is 4.40. The Hall–Kier alpha value is -1.09. The number of pyridine rings is 1. The number of hydrogen-bond donors (Lipinski definition) is 1. The van der Waals surface area contributed by atoms with Crippen LogP contribution in [0.1, 0.15) is 18.4 Å². The fourth-order valence-electron chi connectivity index (χ4n) is 1.89. The van der Waals surface area contributed by atoms with Gasteiger partial charge in [0.1, 0.15) is 5.82 Å². The van der Waals surface area contributed by atoms with Crippen molar-refractivity contribution in [3.8, 4) is 0 Å². The zero-order chi connectivity index (χ0) is 10.7. The Kier molecular flexibility index (Phi) is 3.21. The van der Waals surface area contributed by atoms with Gasteiger partial charge in [0.25, 0.3) is 0 Å². The van der Waals surface area contributed by atoms with Crippen molar-refractivity contribution in [2.24, 2.45) is 5.92 Å². The molecule has 1 aromatic rings. The molecule has 0 aliphatic heterocycles. The summed E-state index contributed by atoms with van der Waals surface area (Å²) in [5.41, 5.74) is 1.28. The van der Waals surface area contributed by atoms with Gasteiger partial charge in [0.15, 0.2) is 0 Å². The Bertz CT molecular complexity index is 320. The zero-order valence-electron chi connectivity index (χ0n) is 9.53. The van der Waals surface area contributed by atoms with E-state index in [9.17, 15) is 0 Å². The summed E-state index contributed by atoms with van der Waals surface area (Å²) in [5, 5.41) is 3.13. The number of anilines is 1. The van der Waals surface area contributed by atoms with Crippen LogP contribution in [0.25, 0.3) is 0 Å². The summed E-state index contributed by atoms with van der Waals surface area (Å²) in [6.07, 6.45) is 4.66. The van der Waals surface area contributed by atoms with Crippen LogP contribution in [0.15, 0.2) is 18.3 Å². The molecule has 0 aromatic carbocycles. The van der Waals surface area contributed by atoms with E-state index in [1.54, 1.807) is 0 Å². The molecular formula is C12H19N3. The molecule has 3 nitrogen and oxygen atoms in total. The molecule has 1 saturated carbocycles. The highest BCUT2D eigenvalue weighted by atomic mass is 15.1. The number of nitrogens with zero attached hydrogens (tertiary/aromatic N) is 2. The summed E-state index contributed by atoms with van der Waals surface area (Å²) in [6, 6.07) is 4.14. The van der Waals surface area contributed by atoms with E-state index >= 15 is 0 Å². The fraction of sp³-hybridized carbons (Fsp3) is 0.583. The van der Waals surface area contributed by atoms with Crippen molar-refractivity contribution in [1.82, 2.24) is 9.88 Å². The molecule has 0 spiro atoms. The maximum atomic E-state index is 4.31. The van der Waals surface area contributed by atoms with Crippen LogP contribution in [0.2, 0.25) is 0 Å². The summed E-state index contributed by atoms with van der Waals surface area (Å²) in [5.74, 6) is 1.95. The van der Waals surface area contributed by atoms with Crippen LogP contribution in [0.4, 0.5) is 5.82 Å². The lowest BCUT2D eigenvalue weighted by Gasteiger charge is -2.17. The highest BCUT2D eigenvalue weighted by Crippen LogP contribution is 2.29. The van der Waals surface area contributed by atoms with Crippen LogP contribution in [0.3, 0.4) is 0 Å². The average molecular weight is 205 g/mol. The molecule has 1 aliphatic carbocycles. The Morgan fingerprint density at radius 1 is 1.53 bits per heavy atom.